The molecule has 2 aromatic rings. The number of nitriles is 2. The molecule has 27 heavy (non-hydrogen) atoms. The van der Waals surface area contributed by atoms with Crippen LogP contribution in [0.1, 0.15) is 23.5 Å². The maximum Gasteiger partial charge on any atom is 0.327 e. The number of aliphatic carboxylic acids is 1. The molecular weight excluding hydrogens is 338 g/mol. The summed E-state index contributed by atoms with van der Waals surface area (Å²) in [5, 5.41) is 28.9. The summed E-state index contributed by atoms with van der Waals surface area (Å²) in [4.78, 5) is 12.6. The van der Waals surface area contributed by atoms with Gasteiger partial charge in [-0.2, -0.15) is 10.5 Å². The van der Waals surface area contributed by atoms with Crippen LogP contribution in [0.4, 0.5) is 0 Å². The molecule has 0 aromatic heterocycles. The van der Waals surface area contributed by atoms with Gasteiger partial charge in [0.25, 0.3) is 0 Å². The Kier molecular flexibility index (Phi) is 6.88. The van der Waals surface area contributed by atoms with E-state index in [1.54, 1.807) is 11.9 Å². The third kappa shape index (κ3) is 4.82. The van der Waals surface area contributed by atoms with Gasteiger partial charge in [-0.15, -0.1) is 0 Å². The van der Waals surface area contributed by atoms with Crippen molar-refractivity contribution in [2.75, 3.05) is 7.05 Å². The zero-order valence-electron chi connectivity index (χ0n) is 15.1. The number of allylic oxidation sites excluding steroid dienone is 1. The molecule has 1 unspecified atom stereocenters. The largest absolute Gasteiger partial charge is 0.478 e. The number of likely N-dealkylation sites (N-methyl/N-ethyl adjacent to an activating group) is 1. The average molecular weight is 359 g/mol. The Morgan fingerprint density at radius 3 is 2.19 bits per heavy atom. The molecule has 0 aliphatic heterocycles. The van der Waals surface area contributed by atoms with Crippen LogP contribution < -0.4 is 0 Å². The van der Waals surface area contributed by atoms with Gasteiger partial charge < -0.3 is 5.11 Å². The SMILES string of the molecule is CN(Cc1ccccc1)C(C#N)(C#N)C(C/C=C/C(=O)O)c1ccccc1. The van der Waals surface area contributed by atoms with E-state index in [0.29, 0.717) is 6.54 Å². The number of hydrogen-bond acceptors (Lipinski definition) is 4. The number of nitrogens with zero attached hydrogens (tertiary/aromatic N) is 3. The minimum atomic E-state index is -1.44. The lowest BCUT2D eigenvalue weighted by molar-refractivity contribution is -0.131. The van der Waals surface area contributed by atoms with Crippen molar-refractivity contribution in [2.45, 2.75) is 24.4 Å². The van der Waals surface area contributed by atoms with Crippen molar-refractivity contribution in [3.05, 3.63) is 83.9 Å². The fourth-order valence-corrected chi connectivity index (χ4v) is 3.14. The van der Waals surface area contributed by atoms with Gasteiger partial charge in [-0.1, -0.05) is 66.7 Å². The smallest absolute Gasteiger partial charge is 0.327 e. The van der Waals surface area contributed by atoms with Crippen LogP contribution in [0.5, 0.6) is 0 Å². The first kappa shape index (κ1) is 19.9. The van der Waals surface area contributed by atoms with Gasteiger partial charge in [-0.05, 0) is 24.6 Å². The Hall–Kier alpha value is -3.41. The molecule has 0 radical (unpaired) electrons. The van der Waals surface area contributed by atoms with Crippen molar-refractivity contribution in [1.82, 2.24) is 4.90 Å². The van der Waals surface area contributed by atoms with Gasteiger partial charge in [-0.25, -0.2) is 4.79 Å². The highest BCUT2D eigenvalue weighted by atomic mass is 16.4. The molecule has 5 heteroatoms. The van der Waals surface area contributed by atoms with Crippen LogP contribution in [0.2, 0.25) is 0 Å². The molecule has 0 spiro atoms. The van der Waals surface area contributed by atoms with Crippen LogP contribution in [0.3, 0.4) is 0 Å². The summed E-state index contributed by atoms with van der Waals surface area (Å²) < 4.78 is 0. The van der Waals surface area contributed by atoms with E-state index in [1.165, 1.54) is 6.08 Å². The number of carboxylic acids is 1. The zero-order chi connectivity index (χ0) is 19.7. The molecule has 2 aromatic carbocycles. The summed E-state index contributed by atoms with van der Waals surface area (Å²) >= 11 is 0. The van der Waals surface area contributed by atoms with Crippen molar-refractivity contribution in [2.24, 2.45) is 0 Å². The molecule has 0 amide bonds. The topological polar surface area (TPSA) is 88.1 Å². The predicted octanol–water partition coefficient (Wildman–Crippen LogP) is 3.72. The quantitative estimate of drug-likeness (QED) is 0.726. The highest BCUT2D eigenvalue weighted by Gasteiger charge is 2.43. The summed E-state index contributed by atoms with van der Waals surface area (Å²) in [6.45, 7) is 0.425. The van der Waals surface area contributed by atoms with Crippen LogP contribution in [0.25, 0.3) is 0 Å². The molecule has 1 N–H and O–H groups in total. The Balaban J connectivity index is 2.44. The van der Waals surface area contributed by atoms with Gasteiger partial charge in [0.2, 0.25) is 5.54 Å². The lowest BCUT2D eigenvalue weighted by atomic mass is 9.77. The second-order valence-electron chi connectivity index (χ2n) is 6.27. The summed E-state index contributed by atoms with van der Waals surface area (Å²) in [5.74, 6) is -1.56. The van der Waals surface area contributed by atoms with E-state index < -0.39 is 17.4 Å². The molecule has 0 saturated heterocycles. The maximum absolute atomic E-state index is 10.9. The Morgan fingerprint density at radius 1 is 1.11 bits per heavy atom. The highest BCUT2D eigenvalue weighted by Crippen LogP contribution is 2.36. The molecule has 2 rings (SSSR count). The first-order valence-corrected chi connectivity index (χ1v) is 8.55. The summed E-state index contributed by atoms with van der Waals surface area (Å²) in [7, 11) is 1.75. The summed E-state index contributed by atoms with van der Waals surface area (Å²) in [5.41, 5.74) is 0.360. The molecule has 1 atom stereocenters. The number of benzene rings is 2. The van der Waals surface area contributed by atoms with Gasteiger partial charge in [0.05, 0.1) is 0 Å². The average Bonchev–Trinajstić information content (AvgIpc) is 2.69. The van der Waals surface area contributed by atoms with Gasteiger partial charge in [0.15, 0.2) is 0 Å². The lowest BCUT2D eigenvalue weighted by Gasteiger charge is -2.36. The van der Waals surface area contributed by atoms with Crippen molar-refractivity contribution >= 4 is 5.97 Å². The van der Waals surface area contributed by atoms with E-state index in [9.17, 15) is 15.3 Å². The number of rotatable bonds is 8. The first-order chi connectivity index (χ1) is 13.0. The molecule has 0 aliphatic carbocycles. The van der Waals surface area contributed by atoms with Crippen LogP contribution in [0, 0.1) is 22.7 Å². The predicted molar refractivity (Wildman–Crippen MR) is 102 cm³/mol. The van der Waals surface area contributed by atoms with Crippen LogP contribution in [0.15, 0.2) is 72.8 Å². The highest BCUT2D eigenvalue weighted by molar-refractivity contribution is 5.79. The molecule has 5 nitrogen and oxygen atoms in total. The van der Waals surface area contributed by atoms with E-state index in [-0.39, 0.29) is 6.42 Å². The van der Waals surface area contributed by atoms with E-state index >= 15 is 0 Å². The van der Waals surface area contributed by atoms with Gasteiger partial charge in [0.1, 0.15) is 12.1 Å². The molecule has 0 fully saturated rings. The zero-order valence-corrected chi connectivity index (χ0v) is 15.1. The van der Waals surface area contributed by atoms with Crippen molar-refractivity contribution < 1.29 is 9.90 Å². The number of carboxylic acid groups (broad SMARTS) is 1. The van der Waals surface area contributed by atoms with Gasteiger partial charge in [-0.3, -0.25) is 4.90 Å². The van der Waals surface area contributed by atoms with Crippen LogP contribution in [-0.2, 0) is 11.3 Å². The van der Waals surface area contributed by atoms with Crippen LogP contribution >= 0.6 is 0 Å². The normalized spacial score (nSPS) is 12.4. The molecule has 0 bridgehead atoms. The second-order valence-corrected chi connectivity index (χ2v) is 6.27. The number of hydrogen-bond donors (Lipinski definition) is 1. The van der Waals surface area contributed by atoms with Gasteiger partial charge in [0, 0.05) is 18.5 Å². The molecular formula is C22H21N3O2. The Bertz CT molecular complexity index is 850. The second kappa shape index (κ2) is 9.33. The summed E-state index contributed by atoms with van der Waals surface area (Å²) in [6, 6.07) is 23.3. The molecule has 0 heterocycles. The molecule has 0 saturated carbocycles. The maximum atomic E-state index is 10.9. The van der Waals surface area contributed by atoms with E-state index in [1.807, 2.05) is 60.7 Å². The van der Waals surface area contributed by atoms with E-state index in [4.69, 9.17) is 5.11 Å². The van der Waals surface area contributed by atoms with Crippen LogP contribution in [-0.4, -0.2) is 28.6 Å². The molecule has 0 aliphatic rings. The fraction of sp³-hybridized carbons (Fsp3) is 0.227. The van der Waals surface area contributed by atoms with Gasteiger partial charge >= 0.3 is 5.97 Å². The first-order valence-electron chi connectivity index (χ1n) is 8.55. The standard InChI is InChI=1S/C22H21N3O2/c1-25(15-18-9-4-2-5-10-18)22(16-23,17-24)20(13-8-14-21(26)27)19-11-6-3-7-12-19/h2-12,14,20H,13,15H2,1H3,(H,26,27)/b14-8+. The van der Waals surface area contributed by atoms with Crippen molar-refractivity contribution in [3.8, 4) is 12.1 Å². The molecule has 136 valence electrons. The fourth-order valence-electron chi connectivity index (χ4n) is 3.14. The Labute approximate surface area is 159 Å². The van der Waals surface area contributed by atoms with Crippen molar-refractivity contribution in [1.29, 1.82) is 10.5 Å². The minimum Gasteiger partial charge on any atom is -0.478 e. The van der Waals surface area contributed by atoms with Crippen molar-refractivity contribution in [3.63, 3.8) is 0 Å². The monoisotopic (exact) mass is 359 g/mol. The summed E-state index contributed by atoms with van der Waals surface area (Å²) in [6.07, 6.45) is 2.81. The minimum absolute atomic E-state index is 0.260. The third-order valence-corrected chi connectivity index (χ3v) is 4.54. The Morgan fingerprint density at radius 2 is 1.67 bits per heavy atom. The number of carbonyl (C=O) groups is 1. The van der Waals surface area contributed by atoms with E-state index in [2.05, 4.69) is 12.1 Å². The lowest BCUT2D eigenvalue weighted by Crippen LogP contribution is -2.48. The van der Waals surface area contributed by atoms with E-state index in [0.717, 1.165) is 17.2 Å². The third-order valence-electron chi connectivity index (χ3n) is 4.54.